The van der Waals surface area contributed by atoms with Crippen LogP contribution < -0.4 is 15.8 Å². The SMILES string of the molecule is CCC(C)NS(=O)(=O)c1ccc(C(=O)NC(C)(CN)C(C)C)cc1.Cl. The van der Waals surface area contributed by atoms with Crippen molar-refractivity contribution in [2.75, 3.05) is 6.54 Å². The Balaban J connectivity index is 0.00000576. The lowest BCUT2D eigenvalue weighted by molar-refractivity contribution is 0.0883. The summed E-state index contributed by atoms with van der Waals surface area (Å²) < 4.78 is 27.0. The van der Waals surface area contributed by atoms with Crippen LogP contribution in [0, 0.1) is 5.92 Å². The highest BCUT2D eigenvalue weighted by molar-refractivity contribution is 7.89. The van der Waals surface area contributed by atoms with Gasteiger partial charge in [0, 0.05) is 18.2 Å². The first-order valence-corrected chi connectivity index (χ1v) is 9.69. The number of halogens is 1. The summed E-state index contributed by atoms with van der Waals surface area (Å²) in [6.45, 7) is 9.90. The van der Waals surface area contributed by atoms with Crippen molar-refractivity contribution >= 4 is 28.3 Å². The maximum Gasteiger partial charge on any atom is 0.251 e. The lowest BCUT2D eigenvalue weighted by atomic mass is 9.88. The van der Waals surface area contributed by atoms with E-state index in [1.807, 2.05) is 27.7 Å². The van der Waals surface area contributed by atoms with E-state index in [9.17, 15) is 13.2 Å². The summed E-state index contributed by atoms with van der Waals surface area (Å²) in [5, 5.41) is 2.93. The largest absolute Gasteiger partial charge is 0.345 e. The molecule has 0 aliphatic carbocycles. The standard InChI is InChI=1S/C17H29N3O3S.ClH/c1-6-13(4)20-24(22,23)15-9-7-14(8-10-15)16(21)19-17(5,11-18)12(2)3;/h7-10,12-13,20H,6,11,18H2,1-5H3,(H,19,21);1H. The third kappa shape index (κ3) is 6.26. The van der Waals surface area contributed by atoms with Crippen LogP contribution in [0.25, 0.3) is 0 Å². The highest BCUT2D eigenvalue weighted by Crippen LogP contribution is 2.17. The van der Waals surface area contributed by atoms with Gasteiger partial charge in [0.25, 0.3) is 5.91 Å². The molecule has 0 saturated heterocycles. The van der Waals surface area contributed by atoms with Crippen LogP contribution >= 0.6 is 12.4 Å². The molecule has 144 valence electrons. The third-order valence-corrected chi connectivity index (χ3v) is 6.10. The predicted molar refractivity (Wildman–Crippen MR) is 104 cm³/mol. The molecular weight excluding hydrogens is 362 g/mol. The van der Waals surface area contributed by atoms with Gasteiger partial charge in [-0.1, -0.05) is 20.8 Å². The molecule has 0 saturated carbocycles. The maximum atomic E-state index is 12.4. The molecule has 0 heterocycles. The Bertz CT molecular complexity index is 662. The molecule has 1 aromatic carbocycles. The number of benzene rings is 1. The summed E-state index contributed by atoms with van der Waals surface area (Å²) in [5.74, 6) is -0.0960. The van der Waals surface area contributed by atoms with Crippen molar-refractivity contribution in [3.63, 3.8) is 0 Å². The number of hydrogen-bond donors (Lipinski definition) is 3. The lowest BCUT2D eigenvalue weighted by Gasteiger charge is -2.33. The highest BCUT2D eigenvalue weighted by atomic mass is 35.5. The average molecular weight is 392 g/mol. The number of amides is 1. The number of carbonyl (C=O) groups excluding carboxylic acids is 1. The number of hydrogen-bond acceptors (Lipinski definition) is 4. The van der Waals surface area contributed by atoms with Gasteiger partial charge in [-0.05, 0) is 50.5 Å². The zero-order chi connectivity index (χ0) is 18.5. The van der Waals surface area contributed by atoms with Gasteiger partial charge in [0.05, 0.1) is 10.4 Å². The molecule has 1 aromatic rings. The molecule has 8 heteroatoms. The average Bonchev–Trinajstić information content (AvgIpc) is 2.54. The zero-order valence-corrected chi connectivity index (χ0v) is 17.1. The molecule has 4 N–H and O–H groups in total. The maximum absolute atomic E-state index is 12.4. The number of sulfonamides is 1. The second-order valence-corrected chi connectivity index (χ2v) is 8.40. The molecular formula is C17H30ClN3O3S. The van der Waals surface area contributed by atoms with Gasteiger partial charge in [0.2, 0.25) is 10.0 Å². The van der Waals surface area contributed by atoms with E-state index in [1.54, 1.807) is 6.92 Å². The van der Waals surface area contributed by atoms with Crippen LogP contribution in [0.1, 0.15) is 51.4 Å². The number of rotatable bonds is 8. The van der Waals surface area contributed by atoms with Crippen LogP contribution in [0.4, 0.5) is 0 Å². The topological polar surface area (TPSA) is 101 Å². The van der Waals surface area contributed by atoms with E-state index in [-0.39, 0.29) is 35.2 Å². The smallest absolute Gasteiger partial charge is 0.251 e. The molecule has 0 aromatic heterocycles. The van der Waals surface area contributed by atoms with Crippen LogP contribution in [-0.4, -0.2) is 32.5 Å². The van der Waals surface area contributed by atoms with Gasteiger partial charge in [-0.3, -0.25) is 4.79 Å². The minimum absolute atomic E-state index is 0. The Morgan fingerprint density at radius 2 is 1.72 bits per heavy atom. The summed E-state index contributed by atoms with van der Waals surface area (Å²) in [6.07, 6.45) is 0.701. The summed E-state index contributed by atoms with van der Waals surface area (Å²) in [5.41, 5.74) is 5.66. The fraction of sp³-hybridized carbons (Fsp3) is 0.588. The molecule has 0 aliphatic heterocycles. The molecule has 2 unspecified atom stereocenters. The molecule has 0 fully saturated rings. The Labute approximate surface area is 157 Å². The van der Waals surface area contributed by atoms with Crippen molar-refractivity contribution in [1.82, 2.24) is 10.0 Å². The quantitative estimate of drug-likeness (QED) is 0.632. The molecule has 6 nitrogen and oxygen atoms in total. The van der Waals surface area contributed by atoms with Crippen molar-refractivity contribution in [3.05, 3.63) is 29.8 Å². The van der Waals surface area contributed by atoms with E-state index in [0.29, 0.717) is 18.5 Å². The van der Waals surface area contributed by atoms with Crippen LogP contribution in [0.2, 0.25) is 0 Å². The molecule has 0 spiro atoms. The van der Waals surface area contributed by atoms with Gasteiger partial charge >= 0.3 is 0 Å². The minimum Gasteiger partial charge on any atom is -0.345 e. The Kier molecular flexibility index (Phi) is 9.08. The molecule has 1 rings (SSSR count). The van der Waals surface area contributed by atoms with Gasteiger partial charge < -0.3 is 11.1 Å². The predicted octanol–water partition coefficient (Wildman–Crippen LogP) is 2.29. The zero-order valence-electron chi connectivity index (χ0n) is 15.5. The minimum atomic E-state index is -3.57. The van der Waals surface area contributed by atoms with Crippen LogP contribution in [0.5, 0.6) is 0 Å². The molecule has 0 bridgehead atoms. The monoisotopic (exact) mass is 391 g/mol. The third-order valence-electron chi connectivity index (χ3n) is 4.49. The van der Waals surface area contributed by atoms with Crippen molar-refractivity contribution in [2.45, 2.75) is 57.5 Å². The second-order valence-electron chi connectivity index (χ2n) is 6.69. The fourth-order valence-corrected chi connectivity index (χ4v) is 3.29. The van der Waals surface area contributed by atoms with E-state index in [1.165, 1.54) is 24.3 Å². The second kappa shape index (κ2) is 9.52. The van der Waals surface area contributed by atoms with E-state index < -0.39 is 15.6 Å². The van der Waals surface area contributed by atoms with Crippen molar-refractivity contribution in [3.8, 4) is 0 Å². The Morgan fingerprint density at radius 3 is 2.12 bits per heavy atom. The fourth-order valence-electron chi connectivity index (χ4n) is 1.96. The molecule has 25 heavy (non-hydrogen) atoms. The van der Waals surface area contributed by atoms with Crippen molar-refractivity contribution < 1.29 is 13.2 Å². The lowest BCUT2D eigenvalue weighted by Crippen LogP contribution is -2.55. The van der Waals surface area contributed by atoms with E-state index in [0.717, 1.165) is 0 Å². The molecule has 0 radical (unpaired) electrons. The Morgan fingerprint density at radius 1 is 1.20 bits per heavy atom. The summed E-state index contributed by atoms with van der Waals surface area (Å²) in [6, 6.07) is 5.76. The molecule has 1 amide bonds. The van der Waals surface area contributed by atoms with Gasteiger partial charge in [-0.2, -0.15) is 0 Å². The molecule has 0 aliphatic rings. The summed E-state index contributed by atoms with van der Waals surface area (Å²) >= 11 is 0. The van der Waals surface area contributed by atoms with Crippen molar-refractivity contribution in [2.24, 2.45) is 11.7 Å². The first-order valence-electron chi connectivity index (χ1n) is 8.20. The number of carbonyl (C=O) groups is 1. The number of nitrogens with two attached hydrogens (primary N) is 1. The van der Waals surface area contributed by atoms with E-state index in [4.69, 9.17) is 5.73 Å². The summed E-state index contributed by atoms with van der Waals surface area (Å²) in [4.78, 5) is 12.5. The van der Waals surface area contributed by atoms with Gasteiger partial charge in [-0.25, -0.2) is 13.1 Å². The van der Waals surface area contributed by atoms with Crippen molar-refractivity contribution in [1.29, 1.82) is 0 Å². The van der Waals surface area contributed by atoms with Crippen LogP contribution in [-0.2, 0) is 10.0 Å². The highest BCUT2D eigenvalue weighted by Gasteiger charge is 2.29. The normalized spacial score (nSPS) is 15.2. The van der Waals surface area contributed by atoms with Gasteiger partial charge in [0.15, 0.2) is 0 Å². The van der Waals surface area contributed by atoms with Crippen LogP contribution in [0.3, 0.4) is 0 Å². The Hall–Kier alpha value is -1.15. The molecule has 2 atom stereocenters. The van der Waals surface area contributed by atoms with E-state index >= 15 is 0 Å². The van der Waals surface area contributed by atoms with Gasteiger partial charge in [0.1, 0.15) is 0 Å². The first kappa shape index (κ1) is 23.9. The van der Waals surface area contributed by atoms with Crippen LogP contribution in [0.15, 0.2) is 29.2 Å². The van der Waals surface area contributed by atoms with E-state index in [2.05, 4.69) is 10.0 Å². The summed E-state index contributed by atoms with van der Waals surface area (Å²) in [7, 11) is -3.57. The number of nitrogens with one attached hydrogen (secondary N) is 2. The first-order chi connectivity index (χ1) is 11.1. The van der Waals surface area contributed by atoms with Gasteiger partial charge in [-0.15, -0.1) is 12.4 Å².